The molecule has 0 aliphatic carbocycles. The van der Waals surface area contributed by atoms with Crippen LogP contribution in [-0.4, -0.2) is 32.2 Å². The lowest BCUT2D eigenvalue weighted by Gasteiger charge is -2.31. The molecule has 1 rings (SSSR count). The average Bonchev–Trinajstić information content (AvgIpc) is 2.37. The standard InChI is InChI=1S/C13H26O2S/c1-3-13(4-2,11-16)10-15-9-12-5-7-14-8-6-12/h12,16H,3-11H2,1-2H3. The highest BCUT2D eigenvalue weighted by Crippen LogP contribution is 2.28. The van der Waals surface area contributed by atoms with Gasteiger partial charge in [0, 0.05) is 25.2 Å². The molecule has 1 saturated heterocycles. The van der Waals surface area contributed by atoms with E-state index in [2.05, 4.69) is 26.5 Å². The van der Waals surface area contributed by atoms with E-state index < -0.39 is 0 Å². The second-order valence-electron chi connectivity index (χ2n) is 4.94. The summed E-state index contributed by atoms with van der Waals surface area (Å²) >= 11 is 4.46. The van der Waals surface area contributed by atoms with E-state index in [1.807, 2.05) is 0 Å². The van der Waals surface area contributed by atoms with Gasteiger partial charge in [0.1, 0.15) is 0 Å². The van der Waals surface area contributed by atoms with Gasteiger partial charge >= 0.3 is 0 Å². The van der Waals surface area contributed by atoms with Gasteiger partial charge in [-0.3, -0.25) is 0 Å². The van der Waals surface area contributed by atoms with Crippen molar-refractivity contribution in [3.63, 3.8) is 0 Å². The molecule has 1 fully saturated rings. The minimum absolute atomic E-state index is 0.286. The lowest BCUT2D eigenvalue weighted by molar-refractivity contribution is -0.00610. The summed E-state index contributed by atoms with van der Waals surface area (Å²) in [6.45, 7) is 8.05. The summed E-state index contributed by atoms with van der Waals surface area (Å²) in [7, 11) is 0. The molecular formula is C13H26O2S. The first-order valence-electron chi connectivity index (χ1n) is 6.52. The minimum Gasteiger partial charge on any atom is -0.381 e. The number of hydrogen-bond donors (Lipinski definition) is 1. The maximum absolute atomic E-state index is 5.91. The summed E-state index contributed by atoms with van der Waals surface area (Å²) in [5, 5.41) is 0. The molecular weight excluding hydrogens is 220 g/mol. The van der Waals surface area contributed by atoms with Gasteiger partial charge < -0.3 is 9.47 Å². The third-order valence-corrected chi connectivity index (χ3v) is 4.61. The Morgan fingerprint density at radius 1 is 1.25 bits per heavy atom. The molecule has 0 unspecified atom stereocenters. The molecule has 0 radical (unpaired) electrons. The zero-order valence-corrected chi connectivity index (χ0v) is 11.6. The summed E-state index contributed by atoms with van der Waals surface area (Å²) in [6, 6.07) is 0. The second kappa shape index (κ2) is 7.57. The quantitative estimate of drug-likeness (QED) is 0.696. The second-order valence-corrected chi connectivity index (χ2v) is 5.25. The first-order chi connectivity index (χ1) is 7.76. The van der Waals surface area contributed by atoms with E-state index in [1.54, 1.807) is 0 Å². The predicted molar refractivity (Wildman–Crippen MR) is 71.2 cm³/mol. The van der Waals surface area contributed by atoms with E-state index in [0.717, 1.165) is 57.9 Å². The van der Waals surface area contributed by atoms with Crippen molar-refractivity contribution < 1.29 is 9.47 Å². The molecule has 3 heteroatoms. The Balaban J connectivity index is 2.21. The maximum atomic E-state index is 5.91. The fourth-order valence-electron chi connectivity index (χ4n) is 2.08. The SMILES string of the molecule is CCC(CC)(CS)COCC1CCOCC1. The first kappa shape index (κ1) is 14.3. The molecule has 2 nitrogen and oxygen atoms in total. The first-order valence-corrected chi connectivity index (χ1v) is 7.16. The van der Waals surface area contributed by atoms with Crippen molar-refractivity contribution in [2.45, 2.75) is 39.5 Å². The van der Waals surface area contributed by atoms with Gasteiger partial charge in [-0.1, -0.05) is 13.8 Å². The van der Waals surface area contributed by atoms with Gasteiger partial charge in [0.25, 0.3) is 0 Å². The van der Waals surface area contributed by atoms with Gasteiger partial charge in [0.2, 0.25) is 0 Å². The summed E-state index contributed by atoms with van der Waals surface area (Å²) < 4.78 is 11.2. The lowest BCUT2D eigenvalue weighted by atomic mass is 9.85. The van der Waals surface area contributed by atoms with Gasteiger partial charge in [-0.15, -0.1) is 0 Å². The number of thiol groups is 1. The Hall–Kier alpha value is 0.270. The van der Waals surface area contributed by atoms with Crippen LogP contribution in [0.25, 0.3) is 0 Å². The predicted octanol–water partition coefficient (Wildman–Crippen LogP) is 3.17. The highest BCUT2D eigenvalue weighted by molar-refractivity contribution is 7.80. The fourth-order valence-corrected chi connectivity index (χ4v) is 2.62. The molecule has 0 aromatic heterocycles. The molecule has 0 spiro atoms. The summed E-state index contributed by atoms with van der Waals surface area (Å²) in [5.74, 6) is 1.63. The van der Waals surface area contributed by atoms with Crippen LogP contribution in [-0.2, 0) is 9.47 Å². The number of rotatable bonds is 7. The number of ether oxygens (including phenoxy) is 2. The summed E-state index contributed by atoms with van der Waals surface area (Å²) in [4.78, 5) is 0. The van der Waals surface area contributed by atoms with E-state index in [9.17, 15) is 0 Å². The molecule has 0 N–H and O–H groups in total. The highest BCUT2D eigenvalue weighted by atomic mass is 32.1. The normalized spacial score (nSPS) is 18.9. The van der Waals surface area contributed by atoms with Crippen molar-refractivity contribution >= 4 is 12.6 Å². The molecule has 0 saturated carbocycles. The molecule has 96 valence electrons. The highest BCUT2D eigenvalue weighted by Gasteiger charge is 2.25. The van der Waals surface area contributed by atoms with E-state index in [-0.39, 0.29) is 5.41 Å². The average molecular weight is 246 g/mol. The monoisotopic (exact) mass is 246 g/mol. The van der Waals surface area contributed by atoms with Gasteiger partial charge in [-0.25, -0.2) is 0 Å². The summed E-state index contributed by atoms with van der Waals surface area (Å²) in [6.07, 6.45) is 4.62. The van der Waals surface area contributed by atoms with Gasteiger partial charge in [0.15, 0.2) is 0 Å². The Kier molecular flexibility index (Phi) is 6.78. The number of hydrogen-bond acceptors (Lipinski definition) is 3. The van der Waals surface area contributed by atoms with E-state index in [4.69, 9.17) is 9.47 Å². The molecule has 0 amide bonds. The van der Waals surface area contributed by atoms with Crippen molar-refractivity contribution in [2.24, 2.45) is 11.3 Å². The summed E-state index contributed by atoms with van der Waals surface area (Å²) in [5.41, 5.74) is 0.286. The molecule has 0 bridgehead atoms. The lowest BCUT2D eigenvalue weighted by Crippen LogP contribution is -2.29. The molecule has 0 aromatic rings. The molecule has 0 atom stereocenters. The third-order valence-electron chi connectivity index (χ3n) is 3.94. The minimum atomic E-state index is 0.286. The van der Waals surface area contributed by atoms with E-state index >= 15 is 0 Å². The van der Waals surface area contributed by atoms with Gasteiger partial charge in [-0.05, 0) is 37.4 Å². The van der Waals surface area contributed by atoms with Crippen LogP contribution in [0.4, 0.5) is 0 Å². The molecule has 1 aliphatic heterocycles. The van der Waals surface area contributed by atoms with E-state index in [1.165, 1.54) is 0 Å². The zero-order chi connectivity index (χ0) is 11.9. The van der Waals surface area contributed by atoms with Crippen molar-refractivity contribution in [1.29, 1.82) is 0 Å². The Bertz CT molecular complexity index is 167. The smallest absolute Gasteiger partial charge is 0.0530 e. The maximum Gasteiger partial charge on any atom is 0.0530 e. The van der Waals surface area contributed by atoms with Crippen LogP contribution < -0.4 is 0 Å². The van der Waals surface area contributed by atoms with Crippen molar-refractivity contribution in [3.05, 3.63) is 0 Å². The molecule has 1 heterocycles. The molecule has 16 heavy (non-hydrogen) atoms. The van der Waals surface area contributed by atoms with Crippen LogP contribution in [0.15, 0.2) is 0 Å². The van der Waals surface area contributed by atoms with E-state index in [0.29, 0.717) is 5.92 Å². The Morgan fingerprint density at radius 3 is 2.38 bits per heavy atom. The third kappa shape index (κ3) is 4.27. The Morgan fingerprint density at radius 2 is 1.88 bits per heavy atom. The van der Waals surface area contributed by atoms with Crippen LogP contribution in [0, 0.1) is 11.3 Å². The largest absolute Gasteiger partial charge is 0.381 e. The van der Waals surface area contributed by atoms with Crippen LogP contribution in [0.3, 0.4) is 0 Å². The fraction of sp³-hybridized carbons (Fsp3) is 1.00. The zero-order valence-electron chi connectivity index (χ0n) is 10.7. The molecule has 0 aromatic carbocycles. The van der Waals surface area contributed by atoms with Crippen molar-refractivity contribution in [3.8, 4) is 0 Å². The van der Waals surface area contributed by atoms with Gasteiger partial charge in [0.05, 0.1) is 6.61 Å². The van der Waals surface area contributed by atoms with Crippen molar-refractivity contribution in [1.82, 2.24) is 0 Å². The van der Waals surface area contributed by atoms with Crippen molar-refractivity contribution in [2.75, 3.05) is 32.2 Å². The van der Waals surface area contributed by atoms with Crippen LogP contribution in [0.5, 0.6) is 0 Å². The van der Waals surface area contributed by atoms with Gasteiger partial charge in [-0.2, -0.15) is 12.6 Å². The topological polar surface area (TPSA) is 18.5 Å². The van der Waals surface area contributed by atoms with Crippen LogP contribution in [0.2, 0.25) is 0 Å². The van der Waals surface area contributed by atoms with Crippen LogP contribution in [0.1, 0.15) is 39.5 Å². The van der Waals surface area contributed by atoms with Crippen LogP contribution >= 0.6 is 12.6 Å². The molecule has 1 aliphatic rings. The Labute approximate surface area is 105 Å².